The number of unbranched alkanes of at least 4 members (excludes halogenated alkanes) is 5. The zero-order valence-corrected chi connectivity index (χ0v) is 11.6. The fraction of sp³-hybridized carbons (Fsp3) is 0.571. The van der Waals surface area contributed by atoms with Gasteiger partial charge in [-0.25, -0.2) is 0 Å². The summed E-state index contributed by atoms with van der Waals surface area (Å²) in [6.45, 7) is 3.07. The van der Waals surface area contributed by atoms with Crippen molar-refractivity contribution in [2.45, 2.75) is 45.4 Å². The van der Waals surface area contributed by atoms with Crippen LogP contribution in [0.5, 0.6) is 5.75 Å². The maximum absolute atomic E-state index is 5.70. The van der Waals surface area contributed by atoms with Crippen molar-refractivity contribution in [1.82, 2.24) is 0 Å². The van der Waals surface area contributed by atoms with Crippen molar-refractivity contribution < 1.29 is 4.74 Å². The Bertz CT molecular complexity index is 286. The normalized spacial score (nSPS) is 10.4. The molecule has 2 heteroatoms. The zero-order valence-electron chi connectivity index (χ0n) is 10.0. The van der Waals surface area contributed by atoms with E-state index < -0.39 is 0 Å². The number of benzene rings is 1. The molecule has 1 nitrogen and oxygen atoms in total. The lowest BCUT2D eigenvalue weighted by atomic mass is 10.1. The first-order valence-electron chi connectivity index (χ1n) is 6.22. The van der Waals surface area contributed by atoms with Gasteiger partial charge >= 0.3 is 0 Å². The van der Waals surface area contributed by atoms with Crippen LogP contribution in [0.2, 0.25) is 0 Å². The quantitative estimate of drug-likeness (QED) is 0.597. The second kappa shape index (κ2) is 8.63. The summed E-state index contributed by atoms with van der Waals surface area (Å²) in [5, 5.41) is 0. The molecule has 0 fully saturated rings. The Morgan fingerprint density at radius 1 is 1.00 bits per heavy atom. The van der Waals surface area contributed by atoms with Gasteiger partial charge in [0.2, 0.25) is 0 Å². The van der Waals surface area contributed by atoms with Gasteiger partial charge in [-0.1, -0.05) is 51.2 Å². The molecule has 16 heavy (non-hydrogen) atoms. The van der Waals surface area contributed by atoms with Crippen molar-refractivity contribution in [3.8, 4) is 5.75 Å². The molecule has 0 atom stereocenters. The lowest BCUT2D eigenvalue weighted by molar-refractivity contribution is 0.302. The number of halogens is 1. The number of ether oxygens (including phenoxy) is 1. The Labute approximate surface area is 107 Å². The van der Waals surface area contributed by atoms with E-state index in [2.05, 4.69) is 22.9 Å². The number of hydrogen-bond donors (Lipinski definition) is 0. The molecular formula is C14H21BrO. The van der Waals surface area contributed by atoms with E-state index >= 15 is 0 Å². The van der Waals surface area contributed by atoms with Crippen molar-refractivity contribution in [2.24, 2.45) is 0 Å². The van der Waals surface area contributed by atoms with Crippen LogP contribution >= 0.6 is 15.9 Å². The summed E-state index contributed by atoms with van der Waals surface area (Å²) in [6, 6.07) is 8.01. The molecule has 0 saturated carbocycles. The first-order valence-corrected chi connectivity index (χ1v) is 7.01. The van der Waals surface area contributed by atoms with Crippen LogP contribution in [0.1, 0.15) is 45.4 Å². The molecule has 0 aromatic heterocycles. The molecule has 0 radical (unpaired) electrons. The lowest BCUT2D eigenvalue weighted by Gasteiger charge is -2.07. The predicted molar refractivity (Wildman–Crippen MR) is 73.0 cm³/mol. The van der Waals surface area contributed by atoms with Crippen LogP contribution in [0.3, 0.4) is 0 Å². The fourth-order valence-electron chi connectivity index (χ4n) is 1.63. The first-order chi connectivity index (χ1) is 7.84. The molecule has 0 heterocycles. The van der Waals surface area contributed by atoms with Gasteiger partial charge in [0.1, 0.15) is 5.75 Å². The molecule has 90 valence electrons. The molecule has 0 unspecified atom stereocenters. The van der Waals surface area contributed by atoms with E-state index in [0.717, 1.165) is 23.2 Å². The van der Waals surface area contributed by atoms with Gasteiger partial charge in [-0.15, -0.1) is 0 Å². The van der Waals surface area contributed by atoms with Gasteiger partial charge in [-0.2, -0.15) is 0 Å². The standard InChI is InChI=1S/C14H21BrO/c1-2-3-4-5-6-9-12-16-14-11-8-7-10-13(14)15/h7-8,10-11H,2-6,9,12H2,1H3. The summed E-state index contributed by atoms with van der Waals surface area (Å²) in [5.41, 5.74) is 0. The number of rotatable bonds is 8. The zero-order chi connectivity index (χ0) is 11.6. The Kier molecular flexibility index (Phi) is 7.32. The van der Waals surface area contributed by atoms with E-state index in [4.69, 9.17) is 4.74 Å². The Balaban J connectivity index is 2.05. The minimum absolute atomic E-state index is 0.828. The maximum Gasteiger partial charge on any atom is 0.133 e. The fourth-order valence-corrected chi connectivity index (χ4v) is 2.03. The largest absolute Gasteiger partial charge is 0.492 e. The van der Waals surface area contributed by atoms with Gasteiger partial charge in [0.15, 0.2) is 0 Å². The van der Waals surface area contributed by atoms with E-state index in [0.29, 0.717) is 0 Å². The molecule has 0 aliphatic carbocycles. The third-order valence-electron chi connectivity index (χ3n) is 2.59. The van der Waals surface area contributed by atoms with Crippen molar-refractivity contribution in [3.05, 3.63) is 28.7 Å². The average Bonchev–Trinajstić information content (AvgIpc) is 2.30. The van der Waals surface area contributed by atoms with Gasteiger partial charge in [0, 0.05) is 0 Å². The first kappa shape index (κ1) is 13.6. The minimum atomic E-state index is 0.828. The third-order valence-corrected chi connectivity index (χ3v) is 3.25. The van der Waals surface area contributed by atoms with E-state index in [1.54, 1.807) is 0 Å². The molecule has 0 N–H and O–H groups in total. The molecular weight excluding hydrogens is 264 g/mol. The molecule has 1 rings (SSSR count). The molecule has 0 aliphatic rings. The van der Waals surface area contributed by atoms with Crippen molar-refractivity contribution in [3.63, 3.8) is 0 Å². The molecule has 0 bridgehead atoms. The summed E-state index contributed by atoms with van der Waals surface area (Å²) in [4.78, 5) is 0. The van der Waals surface area contributed by atoms with Crippen molar-refractivity contribution >= 4 is 15.9 Å². The van der Waals surface area contributed by atoms with Gasteiger partial charge < -0.3 is 4.74 Å². The van der Waals surface area contributed by atoms with Crippen LogP contribution in [-0.4, -0.2) is 6.61 Å². The van der Waals surface area contributed by atoms with E-state index in [-0.39, 0.29) is 0 Å². The second-order valence-electron chi connectivity index (χ2n) is 4.05. The van der Waals surface area contributed by atoms with E-state index in [1.807, 2.05) is 24.3 Å². The van der Waals surface area contributed by atoms with E-state index in [1.165, 1.54) is 32.1 Å². The van der Waals surface area contributed by atoms with Crippen LogP contribution in [0.4, 0.5) is 0 Å². The highest BCUT2D eigenvalue weighted by atomic mass is 79.9. The number of para-hydroxylation sites is 1. The van der Waals surface area contributed by atoms with Crippen molar-refractivity contribution in [1.29, 1.82) is 0 Å². The van der Waals surface area contributed by atoms with Crippen LogP contribution in [0.15, 0.2) is 28.7 Å². The Morgan fingerprint density at radius 2 is 1.69 bits per heavy atom. The van der Waals surface area contributed by atoms with Gasteiger partial charge in [-0.05, 0) is 34.5 Å². The molecule has 0 aliphatic heterocycles. The summed E-state index contributed by atoms with van der Waals surface area (Å²) in [7, 11) is 0. The second-order valence-corrected chi connectivity index (χ2v) is 4.90. The summed E-state index contributed by atoms with van der Waals surface area (Å²) in [6.07, 6.45) is 7.83. The molecule has 0 spiro atoms. The van der Waals surface area contributed by atoms with Gasteiger partial charge in [0.05, 0.1) is 11.1 Å². The van der Waals surface area contributed by atoms with Crippen LogP contribution in [0, 0.1) is 0 Å². The van der Waals surface area contributed by atoms with Gasteiger partial charge in [-0.3, -0.25) is 0 Å². The number of hydrogen-bond acceptors (Lipinski definition) is 1. The summed E-state index contributed by atoms with van der Waals surface area (Å²) in [5.74, 6) is 0.955. The molecule has 1 aromatic carbocycles. The Morgan fingerprint density at radius 3 is 2.44 bits per heavy atom. The smallest absolute Gasteiger partial charge is 0.133 e. The highest BCUT2D eigenvalue weighted by Gasteiger charge is 1.98. The van der Waals surface area contributed by atoms with Crippen LogP contribution < -0.4 is 4.74 Å². The Hall–Kier alpha value is -0.500. The minimum Gasteiger partial charge on any atom is -0.492 e. The third kappa shape index (κ3) is 5.55. The predicted octanol–water partition coefficient (Wildman–Crippen LogP) is 5.19. The molecule has 1 aromatic rings. The van der Waals surface area contributed by atoms with Crippen LogP contribution in [-0.2, 0) is 0 Å². The van der Waals surface area contributed by atoms with Crippen LogP contribution in [0.25, 0.3) is 0 Å². The highest BCUT2D eigenvalue weighted by molar-refractivity contribution is 9.10. The molecule has 0 amide bonds. The van der Waals surface area contributed by atoms with E-state index in [9.17, 15) is 0 Å². The highest BCUT2D eigenvalue weighted by Crippen LogP contribution is 2.23. The monoisotopic (exact) mass is 284 g/mol. The van der Waals surface area contributed by atoms with Gasteiger partial charge in [0.25, 0.3) is 0 Å². The van der Waals surface area contributed by atoms with Crippen molar-refractivity contribution in [2.75, 3.05) is 6.61 Å². The maximum atomic E-state index is 5.70. The lowest BCUT2D eigenvalue weighted by Crippen LogP contribution is -1.97. The SMILES string of the molecule is CCCCCCCCOc1ccccc1Br. The summed E-state index contributed by atoms with van der Waals surface area (Å²) >= 11 is 3.47. The average molecular weight is 285 g/mol. The topological polar surface area (TPSA) is 9.23 Å². The summed E-state index contributed by atoms with van der Waals surface area (Å²) < 4.78 is 6.74. The molecule has 0 saturated heterocycles.